The van der Waals surface area contributed by atoms with Gasteiger partial charge in [-0.3, -0.25) is 0 Å². The normalized spacial score (nSPS) is 53.5. The van der Waals surface area contributed by atoms with E-state index in [4.69, 9.17) is 42.6 Å². The molecule has 5 saturated heterocycles. The fraction of sp³-hybridized carbons (Fsp3) is 1.00. The molecule has 0 amide bonds. The second-order valence-electron chi connectivity index (χ2n) is 11.6. The Labute approximate surface area is 260 Å². The molecular weight excluding hydrogens is 636 g/mol. The first kappa shape index (κ1) is 36.4. The van der Waals surface area contributed by atoms with Crippen molar-refractivity contribution in [2.24, 2.45) is 0 Å². The van der Waals surface area contributed by atoms with E-state index in [9.17, 15) is 61.3 Å². The van der Waals surface area contributed by atoms with Gasteiger partial charge in [-0.05, 0) is 0 Å². The van der Waals surface area contributed by atoms with Crippen molar-refractivity contribution in [1.82, 2.24) is 0 Å². The topological polar surface area (TPSA) is 326 Å². The molecular formula is C25H42O21. The van der Waals surface area contributed by atoms with Crippen LogP contribution in [0.3, 0.4) is 0 Å². The zero-order valence-corrected chi connectivity index (χ0v) is 24.1. The van der Waals surface area contributed by atoms with E-state index in [0.29, 0.717) is 0 Å². The summed E-state index contributed by atoms with van der Waals surface area (Å²) < 4.78 is 49.6. The molecule has 5 fully saturated rings. The highest BCUT2D eigenvalue weighted by molar-refractivity contribution is 4.95. The predicted molar refractivity (Wildman–Crippen MR) is 136 cm³/mol. The summed E-state index contributed by atoms with van der Waals surface area (Å²) in [6, 6.07) is 0. The van der Waals surface area contributed by atoms with Gasteiger partial charge < -0.3 is 104 Å². The van der Waals surface area contributed by atoms with Gasteiger partial charge in [0.15, 0.2) is 31.5 Å². The molecule has 5 rings (SSSR count). The number of aliphatic hydroxyl groups is 12. The molecule has 12 N–H and O–H groups in total. The standard InChI is InChI=1S/C25H42O21/c26-1-7-11(29)17(35)23(41-7)45-19-6(28)3-39-25(20(19)46-24-18(36)12(30)8(2-27)42-24)44-10-5-40-22(16(34)14(10)32)43-9-4-38-21(37)15(33)13(9)31/h6-37H,1-5H2/t6-,7+,8+,9-,10-,11-,12-,13+,14+,15?,16?,17?,18?,19+,20?,21-,22+,23+,24+,25+/m1/s1. The number of hydrogen-bond acceptors (Lipinski definition) is 21. The summed E-state index contributed by atoms with van der Waals surface area (Å²) in [5.74, 6) is 0. The van der Waals surface area contributed by atoms with Crippen LogP contribution < -0.4 is 0 Å². The van der Waals surface area contributed by atoms with Gasteiger partial charge in [-0.15, -0.1) is 0 Å². The molecule has 20 atom stereocenters. The minimum Gasteiger partial charge on any atom is -0.394 e. The molecule has 5 heterocycles. The quantitative estimate of drug-likeness (QED) is 0.102. The first-order chi connectivity index (χ1) is 21.9. The summed E-state index contributed by atoms with van der Waals surface area (Å²) in [7, 11) is 0. The Kier molecular flexibility index (Phi) is 12.2. The lowest BCUT2D eigenvalue weighted by Gasteiger charge is -2.45. The van der Waals surface area contributed by atoms with Crippen molar-refractivity contribution in [2.45, 2.75) is 123 Å². The van der Waals surface area contributed by atoms with Crippen LogP contribution in [0.2, 0.25) is 0 Å². The van der Waals surface area contributed by atoms with Crippen LogP contribution in [-0.4, -0.2) is 217 Å². The van der Waals surface area contributed by atoms with E-state index in [0.717, 1.165) is 0 Å². The van der Waals surface area contributed by atoms with E-state index in [2.05, 4.69) is 0 Å². The van der Waals surface area contributed by atoms with Crippen LogP contribution in [0.5, 0.6) is 0 Å². The van der Waals surface area contributed by atoms with E-state index in [1.165, 1.54) is 0 Å². The molecule has 21 nitrogen and oxygen atoms in total. The Morgan fingerprint density at radius 3 is 1.43 bits per heavy atom. The third-order valence-corrected chi connectivity index (χ3v) is 8.49. The van der Waals surface area contributed by atoms with E-state index >= 15 is 0 Å². The summed E-state index contributed by atoms with van der Waals surface area (Å²) in [6.45, 7) is -2.71. The van der Waals surface area contributed by atoms with Crippen LogP contribution in [-0.2, 0) is 42.6 Å². The van der Waals surface area contributed by atoms with Crippen molar-refractivity contribution in [1.29, 1.82) is 0 Å². The third-order valence-electron chi connectivity index (χ3n) is 8.49. The average Bonchev–Trinajstić information content (AvgIpc) is 3.47. The highest BCUT2D eigenvalue weighted by Gasteiger charge is 2.54. The Balaban J connectivity index is 1.29. The summed E-state index contributed by atoms with van der Waals surface area (Å²) >= 11 is 0. The number of ether oxygens (including phenoxy) is 9. The molecule has 46 heavy (non-hydrogen) atoms. The third kappa shape index (κ3) is 7.35. The van der Waals surface area contributed by atoms with Crippen LogP contribution in [0.25, 0.3) is 0 Å². The smallest absolute Gasteiger partial charge is 0.187 e. The molecule has 0 aromatic heterocycles. The summed E-state index contributed by atoms with van der Waals surface area (Å²) in [5.41, 5.74) is 0. The van der Waals surface area contributed by atoms with E-state index in [1.54, 1.807) is 0 Å². The number of hydrogen-bond donors (Lipinski definition) is 12. The van der Waals surface area contributed by atoms with Crippen molar-refractivity contribution < 1.29 is 104 Å². The largest absolute Gasteiger partial charge is 0.394 e. The maximum absolute atomic E-state index is 10.9. The molecule has 5 aliphatic heterocycles. The Morgan fingerprint density at radius 2 is 0.891 bits per heavy atom. The molecule has 0 aromatic rings. The lowest BCUT2D eigenvalue weighted by atomic mass is 10.0. The van der Waals surface area contributed by atoms with Crippen LogP contribution in [0.4, 0.5) is 0 Å². The summed E-state index contributed by atoms with van der Waals surface area (Å²) in [6.07, 6.45) is -31.3. The van der Waals surface area contributed by atoms with Gasteiger partial charge in [0.05, 0.1) is 33.0 Å². The van der Waals surface area contributed by atoms with Gasteiger partial charge in [0.1, 0.15) is 91.6 Å². The molecule has 0 radical (unpaired) electrons. The molecule has 268 valence electrons. The van der Waals surface area contributed by atoms with Crippen molar-refractivity contribution in [3.63, 3.8) is 0 Å². The number of aliphatic hydroxyl groups excluding tert-OH is 12. The Morgan fingerprint density at radius 1 is 0.435 bits per heavy atom. The average molecular weight is 679 g/mol. The number of rotatable bonds is 10. The van der Waals surface area contributed by atoms with Gasteiger partial charge >= 0.3 is 0 Å². The van der Waals surface area contributed by atoms with Gasteiger partial charge in [0.25, 0.3) is 0 Å². The fourth-order valence-corrected chi connectivity index (χ4v) is 5.70. The molecule has 0 spiro atoms. The van der Waals surface area contributed by atoms with Crippen molar-refractivity contribution in [2.75, 3.05) is 33.0 Å². The minimum atomic E-state index is -1.81. The first-order valence-corrected chi connectivity index (χ1v) is 14.7. The monoisotopic (exact) mass is 678 g/mol. The van der Waals surface area contributed by atoms with E-state index < -0.39 is 149 Å². The zero-order valence-electron chi connectivity index (χ0n) is 24.1. The van der Waals surface area contributed by atoms with Crippen LogP contribution in [0.1, 0.15) is 0 Å². The van der Waals surface area contributed by atoms with Crippen molar-refractivity contribution in [3.05, 3.63) is 0 Å². The maximum atomic E-state index is 10.9. The summed E-state index contributed by atoms with van der Waals surface area (Å²) in [4.78, 5) is 0. The van der Waals surface area contributed by atoms with E-state index in [-0.39, 0.29) is 6.61 Å². The second-order valence-corrected chi connectivity index (χ2v) is 11.6. The van der Waals surface area contributed by atoms with Gasteiger partial charge in [-0.1, -0.05) is 0 Å². The lowest BCUT2D eigenvalue weighted by molar-refractivity contribution is -0.368. The molecule has 0 aromatic carbocycles. The zero-order chi connectivity index (χ0) is 33.4. The molecule has 0 bridgehead atoms. The molecule has 5 aliphatic rings. The van der Waals surface area contributed by atoms with Gasteiger partial charge in [-0.2, -0.15) is 0 Å². The van der Waals surface area contributed by atoms with Crippen LogP contribution in [0.15, 0.2) is 0 Å². The van der Waals surface area contributed by atoms with Gasteiger partial charge in [-0.25, -0.2) is 0 Å². The predicted octanol–water partition coefficient (Wildman–Crippen LogP) is -8.73. The molecule has 21 heteroatoms. The van der Waals surface area contributed by atoms with Crippen LogP contribution >= 0.6 is 0 Å². The molecule has 0 aliphatic carbocycles. The van der Waals surface area contributed by atoms with Gasteiger partial charge in [0, 0.05) is 0 Å². The highest BCUT2D eigenvalue weighted by Crippen LogP contribution is 2.34. The first-order valence-electron chi connectivity index (χ1n) is 14.7. The van der Waals surface area contributed by atoms with Gasteiger partial charge in [0.2, 0.25) is 0 Å². The maximum Gasteiger partial charge on any atom is 0.187 e. The molecule has 5 unspecified atom stereocenters. The fourth-order valence-electron chi connectivity index (χ4n) is 5.70. The highest BCUT2D eigenvalue weighted by atomic mass is 16.8. The van der Waals surface area contributed by atoms with Crippen LogP contribution in [0, 0.1) is 0 Å². The summed E-state index contributed by atoms with van der Waals surface area (Å²) in [5, 5.41) is 122. The molecule has 0 saturated carbocycles. The second kappa shape index (κ2) is 15.4. The minimum absolute atomic E-state index is 0.378. The lowest BCUT2D eigenvalue weighted by Crippen LogP contribution is -2.63. The van der Waals surface area contributed by atoms with Crippen molar-refractivity contribution >= 4 is 0 Å². The van der Waals surface area contributed by atoms with E-state index in [1.807, 2.05) is 0 Å². The Hall–Kier alpha value is -0.840. The Bertz CT molecular complexity index is 965. The SMILES string of the molecule is OC[C@@H]1O[C@@H](OC2[C@H](O[C@@H]3CO[C@@H](O[C@@H]4CO[C@@H](O)C(O)[C@H]4O)C(O)[C@H]3O)OC[C@@H](O)[C@@H]2O[C@@H]2O[C@@H](CO)[C@@H](O)C2O)C(O)[C@@H]1O. The van der Waals surface area contributed by atoms with Crippen molar-refractivity contribution in [3.8, 4) is 0 Å².